The molecule has 2 fully saturated rings. The fourth-order valence-corrected chi connectivity index (χ4v) is 4.72. The second kappa shape index (κ2) is 8.26. The Hall–Kier alpha value is -0.805. The Bertz CT molecular complexity index is 512. The van der Waals surface area contributed by atoms with Crippen molar-refractivity contribution >= 4 is 30.8 Å². The number of nitrogens with zero attached hydrogens (tertiary/aromatic N) is 1. The van der Waals surface area contributed by atoms with E-state index in [4.69, 9.17) is 15.8 Å². The van der Waals surface area contributed by atoms with Gasteiger partial charge in [0.05, 0.1) is 12.6 Å². The highest BCUT2D eigenvalue weighted by molar-refractivity contribution is 7.98. The Morgan fingerprint density at radius 2 is 2.12 bits per heavy atom. The molecule has 2 aliphatic rings. The molecule has 3 unspecified atom stereocenters. The highest BCUT2D eigenvalue weighted by Gasteiger charge is 2.65. The van der Waals surface area contributed by atoms with Gasteiger partial charge in [-0.05, 0) is 44.1 Å². The number of amides is 1. The minimum Gasteiger partial charge on any atom is -0.480 e. The quantitative estimate of drug-likeness (QED) is 0.324. The van der Waals surface area contributed by atoms with Crippen LogP contribution in [0, 0.1) is 5.41 Å². The summed E-state index contributed by atoms with van der Waals surface area (Å²) in [6.07, 6.45) is 4.37. The fraction of sp³-hybridized carbons (Fsp3) is 0.867. The van der Waals surface area contributed by atoms with Crippen molar-refractivity contribution in [2.24, 2.45) is 11.1 Å². The van der Waals surface area contributed by atoms with Crippen LogP contribution in [0.2, 0.25) is 6.32 Å². The number of carbonyl (C=O) groups is 2. The number of nitrogens with one attached hydrogen (secondary N) is 1. The first-order valence-electron chi connectivity index (χ1n) is 8.66. The van der Waals surface area contributed by atoms with E-state index in [0.29, 0.717) is 38.8 Å². The number of carboxylic acids is 1. The van der Waals surface area contributed by atoms with E-state index >= 15 is 0 Å². The van der Waals surface area contributed by atoms with Gasteiger partial charge < -0.3 is 25.8 Å². The van der Waals surface area contributed by atoms with Crippen LogP contribution < -0.4 is 11.1 Å². The molecular formula is C15H28BN3O5S. The van der Waals surface area contributed by atoms with Crippen LogP contribution in [0.3, 0.4) is 0 Å². The molecule has 0 bridgehead atoms. The molecule has 2 heterocycles. The Kier molecular flexibility index (Phi) is 6.77. The summed E-state index contributed by atoms with van der Waals surface area (Å²) in [6, 6.07) is -0.617. The molecule has 2 aliphatic heterocycles. The Morgan fingerprint density at radius 1 is 1.40 bits per heavy atom. The van der Waals surface area contributed by atoms with Crippen LogP contribution in [-0.4, -0.2) is 82.3 Å². The van der Waals surface area contributed by atoms with E-state index in [2.05, 4.69) is 5.32 Å². The molecule has 0 radical (unpaired) electrons. The maximum Gasteiger partial charge on any atom is 0.451 e. The predicted octanol–water partition coefficient (Wildman–Crippen LogP) is -1.03. The predicted molar refractivity (Wildman–Crippen MR) is 97.2 cm³/mol. The molecule has 0 aliphatic carbocycles. The second-order valence-corrected chi connectivity index (χ2v) is 8.11. The third-order valence-electron chi connectivity index (χ3n) is 5.60. The maximum atomic E-state index is 12.7. The molecule has 2 saturated heterocycles. The van der Waals surface area contributed by atoms with Gasteiger partial charge >= 0.3 is 13.1 Å². The van der Waals surface area contributed by atoms with Gasteiger partial charge in [0.1, 0.15) is 5.54 Å². The first kappa shape index (κ1) is 20.5. The molecule has 0 aromatic heterocycles. The molecule has 1 amide bonds. The number of thioether (sulfide) groups is 1. The summed E-state index contributed by atoms with van der Waals surface area (Å²) in [5.74, 6) is -0.377. The lowest BCUT2D eigenvalue weighted by molar-refractivity contribution is -0.147. The Balaban J connectivity index is 2.15. The number of rotatable bonds is 9. The zero-order chi connectivity index (χ0) is 18.7. The molecule has 0 aromatic rings. The largest absolute Gasteiger partial charge is 0.480 e. The highest BCUT2D eigenvalue weighted by atomic mass is 32.2. The minimum absolute atomic E-state index is 0.107. The normalized spacial score (nSPS) is 29.5. The summed E-state index contributed by atoms with van der Waals surface area (Å²) in [7, 11) is -1.40. The van der Waals surface area contributed by atoms with Crippen LogP contribution in [0.25, 0.3) is 0 Å². The van der Waals surface area contributed by atoms with Gasteiger partial charge in [-0.25, -0.2) is 0 Å². The number of carbonyl (C=O) groups excluding carboxylic acids is 1. The van der Waals surface area contributed by atoms with E-state index in [1.54, 1.807) is 16.7 Å². The average molecular weight is 373 g/mol. The van der Waals surface area contributed by atoms with Gasteiger partial charge in [-0.2, -0.15) is 11.8 Å². The summed E-state index contributed by atoms with van der Waals surface area (Å²) >= 11 is 1.62. The third kappa shape index (κ3) is 3.98. The number of carboxylic acid groups (broad SMARTS) is 1. The van der Waals surface area contributed by atoms with Crippen LogP contribution >= 0.6 is 11.8 Å². The van der Waals surface area contributed by atoms with Crippen molar-refractivity contribution in [1.29, 1.82) is 0 Å². The third-order valence-corrected chi connectivity index (χ3v) is 6.25. The molecule has 3 atom stereocenters. The van der Waals surface area contributed by atoms with Crippen molar-refractivity contribution in [1.82, 2.24) is 10.2 Å². The van der Waals surface area contributed by atoms with Crippen molar-refractivity contribution in [3.63, 3.8) is 0 Å². The number of fused-ring (bicyclic) bond motifs is 1. The average Bonchev–Trinajstić information content (AvgIpc) is 3.04. The van der Waals surface area contributed by atoms with Crippen LogP contribution in [0.15, 0.2) is 0 Å². The molecule has 0 saturated carbocycles. The minimum atomic E-state index is -1.40. The summed E-state index contributed by atoms with van der Waals surface area (Å²) in [6.45, 7) is 1.03. The van der Waals surface area contributed by atoms with Gasteiger partial charge in [0.25, 0.3) is 0 Å². The topological polar surface area (TPSA) is 136 Å². The molecule has 8 nitrogen and oxygen atoms in total. The number of hydrogen-bond acceptors (Lipinski definition) is 7. The molecule has 10 heteroatoms. The Morgan fingerprint density at radius 3 is 2.72 bits per heavy atom. The monoisotopic (exact) mass is 373 g/mol. The fourth-order valence-electron chi connectivity index (χ4n) is 4.23. The molecular weight excluding hydrogens is 345 g/mol. The summed E-state index contributed by atoms with van der Waals surface area (Å²) in [5, 5.41) is 31.2. The van der Waals surface area contributed by atoms with E-state index in [1.807, 2.05) is 6.26 Å². The lowest BCUT2D eigenvalue weighted by Crippen LogP contribution is -2.58. The highest BCUT2D eigenvalue weighted by Crippen LogP contribution is 2.50. The Labute approximate surface area is 152 Å². The van der Waals surface area contributed by atoms with Gasteiger partial charge in [-0.1, -0.05) is 6.42 Å². The van der Waals surface area contributed by atoms with E-state index < -0.39 is 30.1 Å². The van der Waals surface area contributed by atoms with Gasteiger partial charge in [0, 0.05) is 12.0 Å². The van der Waals surface area contributed by atoms with E-state index in [1.165, 1.54) is 0 Å². The zero-order valence-electron chi connectivity index (χ0n) is 14.6. The van der Waals surface area contributed by atoms with E-state index in [9.17, 15) is 14.7 Å². The maximum absolute atomic E-state index is 12.7. The summed E-state index contributed by atoms with van der Waals surface area (Å²) < 4.78 is 0. The molecule has 25 heavy (non-hydrogen) atoms. The summed E-state index contributed by atoms with van der Waals surface area (Å²) in [4.78, 5) is 26.3. The molecule has 0 spiro atoms. The van der Waals surface area contributed by atoms with Crippen LogP contribution in [0.1, 0.15) is 25.7 Å². The van der Waals surface area contributed by atoms with Gasteiger partial charge in [-0.15, -0.1) is 0 Å². The lowest BCUT2D eigenvalue weighted by atomic mass is 9.68. The van der Waals surface area contributed by atoms with Crippen LogP contribution in [0.5, 0.6) is 0 Å². The van der Waals surface area contributed by atoms with Crippen LogP contribution in [-0.2, 0) is 9.59 Å². The first-order valence-corrected chi connectivity index (χ1v) is 10.1. The first-order chi connectivity index (χ1) is 11.8. The molecule has 142 valence electrons. The van der Waals surface area contributed by atoms with Crippen molar-refractivity contribution in [3.8, 4) is 0 Å². The van der Waals surface area contributed by atoms with Crippen LogP contribution in [0.4, 0.5) is 0 Å². The lowest BCUT2D eigenvalue weighted by Gasteiger charge is -2.35. The number of nitrogens with two attached hydrogens (primary N) is 1. The van der Waals surface area contributed by atoms with Crippen molar-refractivity contribution in [2.45, 2.75) is 43.6 Å². The second-order valence-electron chi connectivity index (χ2n) is 7.12. The standard InChI is InChI=1S/C15H28BN3O5S/c1-25-8-3-11(17)12(20)19-9-14(4-2-6-16(23)24)5-7-18-15(14,10-19)13(21)22/h11,18,23-24H,2-10,17H2,1H3,(H,21,22). The summed E-state index contributed by atoms with van der Waals surface area (Å²) in [5.41, 5.74) is 4.22. The van der Waals surface area contributed by atoms with Gasteiger partial charge in [-0.3, -0.25) is 14.9 Å². The molecule has 6 N–H and O–H groups in total. The van der Waals surface area contributed by atoms with Crippen molar-refractivity contribution < 1.29 is 24.7 Å². The molecule has 0 aromatic carbocycles. The van der Waals surface area contributed by atoms with Crippen molar-refractivity contribution in [3.05, 3.63) is 0 Å². The zero-order valence-corrected chi connectivity index (χ0v) is 15.4. The van der Waals surface area contributed by atoms with E-state index in [0.717, 1.165) is 5.75 Å². The number of aliphatic carboxylic acids is 1. The van der Waals surface area contributed by atoms with E-state index in [-0.39, 0.29) is 18.8 Å². The van der Waals surface area contributed by atoms with Gasteiger partial charge in [0.15, 0.2) is 0 Å². The van der Waals surface area contributed by atoms with Gasteiger partial charge in [0.2, 0.25) is 5.91 Å². The smallest absolute Gasteiger partial charge is 0.451 e. The number of hydrogen-bond donors (Lipinski definition) is 5. The van der Waals surface area contributed by atoms with Crippen molar-refractivity contribution in [2.75, 3.05) is 31.6 Å². The SMILES string of the molecule is CSCCC(N)C(=O)N1CC2(CCCB(O)O)CCNC2(C(=O)O)C1. The molecule has 2 rings (SSSR count). The number of likely N-dealkylation sites (tertiary alicyclic amines) is 1.